The fourth-order valence-electron chi connectivity index (χ4n) is 3.12. The van der Waals surface area contributed by atoms with Gasteiger partial charge in [-0.1, -0.05) is 12.1 Å². The molecule has 1 fully saturated rings. The molecule has 1 saturated carbocycles. The van der Waals surface area contributed by atoms with Crippen molar-refractivity contribution in [3.8, 4) is 11.3 Å². The number of aromatic nitrogens is 1. The largest absolute Gasteiger partial charge is 0.441 e. The number of carbonyl (C=O) groups excluding carboxylic acids is 1. The van der Waals surface area contributed by atoms with Crippen molar-refractivity contribution in [2.24, 2.45) is 0 Å². The van der Waals surface area contributed by atoms with Crippen LogP contribution < -0.4 is 0 Å². The van der Waals surface area contributed by atoms with Crippen LogP contribution in [0.15, 0.2) is 59.1 Å². The van der Waals surface area contributed by atoms with Gasteiger partial charge in [0.25, 0.3) is 0 Å². The molecule has 0 saturated heterocycles. The molecule has 28 heavy (non-hydrogen) atoms. The molecule has 0 N–H and O–H groups in total. The maximum Gasteiger partial charge on any atom is 0.223 e. The van der Waals surface area contributed by atoms with Crippen LogP contribution in [0.5, 0.6) is 0 Å². The van der Waals surface area contributed by atoms with Crippen LogP contribution in [0.3, 0.4) is 0 Å². The van der Waals surface area contributed by atoms with Crippen molar-refractivity contribution < 1.29 is 18.0 Å². The number of benzene rings is 2. The fourth-order valence-corrected chi connectivity index (χ4v) is 3.12. The summed E-state index contributed by atoms with van der Waals surface area (Å²) in [4.78, 5) is 18.8. The minimum atomic E-state index is -0.310. The van der Waals surface area contributed by atoms with Crippen LogP contribution >= 0.6 is 0 Å². The number of hydrogen-bond acceptors (Lipinski definition) is 3. The molecule has 1 heterocycles. The van der Waals surface area contributed by atoms with Gasteiger partial charge in [0.2, 0.25) is 5.91 Å². The first kappa shape index (κ1) is 18.3. The highest BCUT2D eigenvalue weighted by molar-refractivity contribution is 5.77. The summed E-state index contributed by atoms with van der Waals surface area (Å²) in [7, 11) is 0. The van der Waals surface area contributed by atoms with Crippen LogP contribution in [-0.4, -0.2) is 21.8 Å². The zero-order valence-electron chi connectivity index (χ0n) is 15.3. The Hall–Kier alpha value is -3.02. The highest BCUT2D eigenvalue weighted by Crippen LogP contribution is 2.29. The lowest BCUT2D eigenvalue weighted by molar-refractivity contribution is -0.132. The maximum absolute atomic E-state index is 13.1. The second-order valence-corrected chi connectivity index (χ2v) is 7.00. The molecule has 2 aromatic carbocycles. The molecule has 4 rings (SSSR count). The fraction of sp³-hybridized carbons (Fsp3) is 0.273. The summed E-state index contributed by atoms with van der Waals surface area (Å²) in [6.07, 6.45) is 4.28. The summed E-state index contributed by atoms with van der Waals surface area (Å²) >= 11 is 0. The average molecular weight is 382 g/mol. The quantitative estimate of drug-likeness (QED) is 0.593. The number of aryl methyl sites for hydroxylation is 1. The SMILES string of the molecule is O=C(CCc1ncc(-c2ccc(F)cc2)o1)N(Cc1ccc(F)cc1)C1CC1. The molecule has 1 aliphatic carbocycles. The topological polar surface area (TPSA) is 46.3 Å². The summed E-state index contributed by atoms with van der Waals surface area (Å²) in [6.45, 7) is 0.482. The van der Waals surface area contributed by atoms with Crippen LogP contribution in [0, 0.1) is 11.6 Å². The van der Waals surface area contributed by atoms with Gasteiger partial charge in [-0.15, -0.1) is 0 Å². The van der Waals surface area contributed by atoms with Crippen LogP contribution in [0.4, 0.5) is 8.78 Å². The van der Waals surface area contributed by atoms with Crippen LogP contribution in [0.2, 0.25) is 0 Å². The summed E-state index contributed by atoms with van der Waals surface area (Å²) in [5, 5.41) is 0. The van der Waals surface area contributed by atoms with Gasteiger partial charge in [0, 0.05) is 31.0 Å². The first-order valence-corrected chi connectivity index (χ1v) is 9.33. The van der Waals surface area contributed by atoms with E-state index >= 15 is 0 Å². The van der Waals surface area contributed by atoms with E-state index in [4.69, 9.17) is 4.42 Å². The summed E-state index contributed by atoms with van der Waals surface area (Å²) in [6, 6.07) is 12.5. The van der Waals surface area contributed by atoms with Gasteiger partial charge < -0.3 is 9.32 Å². The smallest absolute Gasteiger partial charge is 0.223 e. The lowest BCUT2D eigenvalue weighted by Crippen LogP contribution is -2.32. The van der Waals surface area contributed by atoms with Crippen molar-refractivity contribution >= 4 is 5.91 Å². The summed E-state index contributed by atoms with van der Waals surface area (Å²) in [5.74, 6) is 0.468. The van der Waals surface area contributed by atoms with Gasteiger partial charge in [0.05, 0.1) is 6.20 Å². The highest BCUT2D eigenvalue weighted by Gasteiger charge is 2.32. The van der Waals surface area contributed by atoms with Crippen molar-refractivity contribution in [3.63, 3.8) is 0 Å². The van der Waals surface area contributed by atoms with Gasteiger partial charge in [-0.25, -0.2) is 13.8 Å². The first-order valence-electron chi connectivity index (χ1n) is 9.33. The van der Waals surface area contributed by atoms with Crippen molar-refractivity contribution in [3.05, 3.63) is 77.8 Å². The minimum absolute atomic E-state index is 0.0355. The summed E-state index contributed by atoms with van der Waals surface area (Å²) < 4.78 is 31.8. The second-order valence-electron chi connectivity index (χ2n) is 7.00. The van der Waals surface area contributed by atoms with Crippen molar-refractivity contribution in [1.29, 1.82) is 0 Å². The third-order valence-corrected chi connectivity index (χ3v) is 4.81. The van der Waals surface area contributed by atoms with E-state index in [0.29, 0.717) is 31.0 Å². The van der Waals surface area contributed by atoms with Gasteiger partial charge in [-0.05, 0) is 54.8 Å². The highest BCUT2D eigenvalue weighted by atomic mass is 19.1. The van der Waals surface area contributed by atoms with Crippen LogP contribution in [-0.2, 0) is 17.8 Å². The third-order valence-electron chi connectivity index (χ3n) is 4.81. The lowest BCUT2D eigenvalue weighted by Gasteiger charge is -2.22. The molecule has 1 amide bonds. The Morgan fingerprint density at radius 1 is 1.04 bits per heavy atom. The Morgan fingerprint density at radius 2 is 1.68 bits per heavy atom. The Labute approximate surface area is 161 Å². The Kier molecular flexibility index (Phi) is 5.19. The zero-order valence-corrected chi connectivity index (χ0v) is 15.3. The normalized spacial score (nSPS) is 13.5. The Balaban J connectivity index is 1.37. The molecule has 0 spiro atoms. The van der Waals surface area contributed by atoms with E-state index in [1.807, 2.05) is 4.90 Å². The van der Waals surface area contributed by atoms with Crippen molar-refractivity contribution in [2.75, 3.05) is 0 Å². The van der Waals surface area contributed by atoms with E-state index in [1.165, 1.54) is 24.3 Å². The number of hydrogen-bond donors (Lipinski definition) is 0. The molecule has 0 radical (unpaired) electrons. The van der Waals surface area contributed by atoms with E-state index in [9.17, 15) is 13.6 Å². The molecule has 1 aliphatic rings. The standard InChI is InChI=1S/C22H20F2N2O2/c23-17-5-1-15(2-6-17)14-26(19-9-10-19)22(27)12-11-21-25-13-20(28-21)16-3-7-18(24)8-4-16/h1-8,13,19H,9-12,14H2. The number of carbonyl (C=O) groups is 1. The molecular weight excluding hydrogens is 362 g/mol. The van der Waals surface area contributed by atoms with E-state index in [0.717, 1.165) is 24.0 Å². The molecule has 0 bridgehead atoms. The summed E-state index contributed by atoms with van der Waals surface area (Å²) in [5.41, 5.74) is 1.65. The van der Waals surface area contributed by atoms with Crippen LogP contribution in [0.25, 0.3) is 11.3 Å². The third kappa shape index (κ3) is 4.44. The van der Waals surface area contributed by atoms with Crippen molar-refractivity contribution in [1.82, 2.24) is 9.88 Å². The van der Waals surface area contributed by atoms with Gasteiger partial charge in [-0.2, -0.15) is 0 Å². The maximum atomic E-state index is 13.1. The molecule has 1 aromatic heterocycles. The van der Waals surface area contributed by atoms with Gasteiger partial charge in [0.15, 0.2) is 11.7 Å². The number of halogens is 2. The zero-order chi connectivity index (χ0) is 19.5. The Morgan fingerprint density at radius 3 is 2.32 bits per heavy atom. The number of nitrogens with zero attached hydrogens (tertiary/aromatic N) is 2. The van der Waals surface area contributed by atoms with E-state index in [-0.39, 0.29) is 23.6 Å². The lowest BCUT2D eigenvalue weighted by atomic mass is 10.2. The monoisotopic (exact) mass is 382 g/mol. The number of rotatable bonds is 7. The molecule has 144 valence electrons. The molecule has 6 heteroatoms. The first-order chi connectivity index (χ1) is 13.6. The number of oxazole rings is 1. The molecular formula is C22H20F2N2O2. The van der Waals surface area contributed by atoms with Gasteiger partial charge >= 0.3 is 0 Å². The van der Waals surface area contributed by atoms with Crippen molar-refractivity contribution in [2.45, 2.75) is 38.3 Å². The molecule has 3 aromatic rings. The molecule has 0 unspecified atom stereocenters. The molecule has 0 atom stereocenters. The van der Waals surface area contributed by atoms with E-state index in [2.05, 4.69) is 4.98 Å². The van der Waals surface area contributed by atoms with Gasteiger partial charge in [-0.3, -0.25) is 4.79 Å². The predicted molar refractivity (Wildman–Crippen MR) is 100 cm³/mol. The second kappa shape index (κ2) is 7.92. The van der Waals surface area contributed by atoms with Crippen LogP contribution in [0.1, 0.15) is 30.7 Å². The predicted octanol–water partition coefficient (Wildman–Crippen LogP) is 4.74. The Bertz CT molecular complexity index is 947. The van der Waals surface area contributed by atoms with Gasteiger partial charge in [0.1, 0.15) is 11.6 Å². The molecule has 4 nitrogen and oxygen atoms in total. The number of amides is 1. The van der Waals surface area contributed by atoms with E-state index in [1.54, 1.807) is 30.5 Å². The average Bonchev–Trinajstić information content (AvgIpc) is 3.43. The molecule has 0 aliphatic heterocycles. The van der Waals surface area contributed by atoms with E-state index < -0.39 is 0 Å². The minimum Gasteiger partial charge on any atom is -0.441 e.